The Morgan fingerprint density at radius 1 is 1.68 bits per heavy atom. The number of pyridine rings is 1. The number of hydrogen-bond donors (Lipinski definition) is 2. The third-order valence-electron chi connectivity index (χ3n) is 3.10. The summed E-state index contributed by atoms with van der Waals surface area (Å²) in [4.78, 5) is 17.7. The number of ether oxygens (including phenoxy) is 1. The number of aromatic nitrogens is 1. The van der Waals surface area contributed by atoms with E-state index in [-0.39, 0.29) is 6.04 Å². The quantitative estimate of drug-likeness (QED) is 0.791. The van der Waals surface area contributed by atoms with Crippen molar-refractivity contribution in [3.8, 4) is 0 Å². The van der Waals surface area contributed by atoms with Crippen LogP contribution in [0, 0.1) is 0 Å². The normalized spacial score (nSPS) is 18.2. The van der Waals surface area contributed by atoms with Crippen molar-refractivity contribution in [2.24, 2.45) is 5.73 Å². The molecule has 0 spiro atoms. The van der Waals surface area contributed by atoms with Crippen LogP contribution in [0.3, 0.4) is 0 Å². The van der Waals surface area contributed by atoms with Gasteiger partial charge in [0, 0.05) is 24.8 Å². The number of nitrogens with one attached hydrogen (secondary N) is 1. The molecule has 3 N–H and O–H groups in total. The number of methoxy groups -OCH3 is 1. The Morgan fingerprint density at radius 3 is 3.16 bits per heavy atom. The Kier molecular flexibility index (Phi) is 4.16. The molecule has 1 aliphatic heterocycles. The first kappa shape index (κ1) is 13.5. The largest absolute Gasteiger partial charge is 0.453 e. The van der Waals surface area contributed by atoms with E-state index in [1.807, 2.05) is 0 Å². The molecule has 1 unspecified atom stereocenters. The van der Waals surface area contributed by atoms with Crippen LogP contribution >= 0.6 is 12.2 Å². The summed E-state index contributed by atoms with van der Waals surface area (Å²) in [7, 11) is 1.36. The lowest BCUT2D eigenvalue weighted by Gasteiger charge is -2.21. The topological polar surface area (TPSA) is 80.5 Å². The molecule has 7 heteroatoms. The molecule has 1 aromatic rings. The zero-order valence-corrected chi connectivity index (χ0v) is 11.4. The molecule has 0 aliphatic carbocycles. The van der Waals surface area contributed by atoms with Gasteiger partial charge in [-0.05, 0) is 12.5 Å². The maximum absolute atomic E-state index is 11.2. The molecule has 0 bridgehead atoms. The number of thiocarbonyl (C=S) groups is 1. The van der Waals surface area contributed by atoms with Crippen LogP contribution < -0.4 is 16.0 Å². The Hall–Kier alpha value is -1.89. The van der Waals surface area contributed by atoms with Crippen LogP contribution in [0.25, 0.3) is 0 Å². The Labute approximate surface area is 116 Å². The summed E-state index contributed by atoms with van der Waals surface area (Å²) in [6, 6.07) is 1.87. The van der Waals surface area contributed by atoms with Gasteiger partial charge in [-0.2, -0.15) is 0 Å². The van der Waals surface area contributed by atoms with E-state index >= 15 is 0 Å². The first-order valence-corrected chi connectivity index (χ1v) is 6.36. The monoisotopic (exact) mass is 280 g/mol. The number of amides is 1. The summed E-state index contributed by atoms with van der Waals surface area (Å²) >= 11 is 5.04. The molecular formula is C12H16N4O2S. The molecule has 0 aromatic carbocycles. The van der Waals surface area contributed by atoms with Gasteiger partial charge in [-0.15, -0.1) is 0 Å². The number of rotatable bonds is 3. The Morgan fingerprint density at radius 2 is 2.47 bits per heavy atom. The van der Waals surface area contributed by atoms with Crippen LogP contribution in [-0.4, -0.2) is 42.3 Å². The molecule has 2 rings (SSSR count). The number of nitrogens with two attached hydrogens (primary N) is 1. The number of hydrogen-bond acceptors (Lipinski definition) is 5. The van der Waals surface area contributed by atoms with Crippen molar-refractivity contribution in [3.05, 3.63) is 24.0 Å². The average molecular weight is 280 g/mol. The van der Waals surface area contributed by atoms with Crippen LogP contribution in [0.2, 0.25) is 0 Å². The second-order valence-corrected chi connectivity index (χ2v) is 4.76. The lowest BCUT2D eigenvalue weighted by Crippen LogP contribution is -2.37. The van der Waals surface area contributed by atoms with Crippen molar-refractivity contribution in [1.29, 1.82) is 0 Å². The van der Waals surface area contributed by atoms with E-state index in [4.69, 9.17) is 18.0 Å². The summed E-state index contributed by atoms with van der Waals surface area (Å²) in [6.45, 7) is 1.51. The minimum Gasteiger partial charge on any atom is -0.453 e. The van der Waals surface area contributed by atoms with E-state index in [9.17, 15) is 4.79 Å². The summed E-state index contributed by atoms with van der Waals surface area (Å²) in [6.07, 6.45) is 3.85. The third-order valence-corrected chi connectivity index (χ3v) is 3.32. The van der Waals surface area contributed by atoms with Crippen LogP contribution in [0.5, 0.6) is 0 Å². The van der Waals surface area contributed by atoms with Crippen molar-refractivity contribution in [3.63, 3.8) is 0 Å². The molecule has 1 atom stereocenters. The van der Waals surface area contributed by atoms with Crippen LogP contribution in [0.1, 0.15) is 12.0 Å². The van der Waals surface area contributed by atoms with Crippen molar-refractivity contribution in [2.45, 2.75) is 12.5 Å². The molecule has 19 heavy (non-hydrogen) atoms. The van der Waals surface area contributed by atoms with Gasteiger partial charge in [0.15, 0.2) is 0 Å². The molecule has 1 aliphatic rings. The molecule has 102 valence electrons. The summed E-state index contributed by atoms with van der Waals surface area (Å²) < 4.78 is 4.59. The van der Waals surface area contributed by atoms with E-state index in [2.05, 4.69) is 19.9 Å². The molecule has 0 saturated carbocycles. The predicted octanol–water partition coefficient (Wildman–Crippen LogP) is 0.650. The van der Waals surface area contributed by atoms with Gasteiger partial charge in [0.25, 0.3) is 0 Å². The van der Waals surface area contributed by atoms with Gasteiger partial charge in [-0.25, -0.2) is 4.79 Å². The van der Waals surface area contributed by atoms with E-state index < -0.39 is 6.09 Å². The molecule has 2 heterocycles. The summed E-state index contributed by atoms with van der Waals surface area (Å²) in [5.41, 5.74) is 7.42. The predicted molar refractivity (Wildman–Crippen MR) is 76.3 cm³/mol. The molecular weight excluding hydrogens is 264 g/mol. The second-order valence-electron chi connectivity index (χ2n) is 4.32. The highest BCUT2D eigenvalue weighted by atomic mass is 32.1. The van der Waals surface area contributed by atoms with Crippen molar-refractivity contribution in [2.75, 3.05) is 25.1 Å². The van der Waals surface area contributed by atoms with E-state index in [1.165, 1.54) is 7.11 Å². The Bertz CT molecular complexity index is 494. The maximum Gasteiger partial charge on any atom is 0.407 e. The second kappa shape index (κ2) is 5.83. The maximum atomic E-state index is 11.2. The van der Waals surface area contributed by atoms with Crippen molar-refractivity contribution >= 4 is 29.0 Å². The first-order chi connectivity index (χ1) is 9.11. The van der Waals surface area contributed by atoms with Gasteiger partial charge in [-0.3, -0.25) is 4.98 Å². The van der Waals surface area contributed by atoms with Gasteiger partial charge in [-0.1, -0.05) is 12.2 Å². The third kappa shape index (κ3) is 3.11. The highest BCUT2D eigenvalue weighted by Gasteiger charge is 2.26. The van der Waals surface area contributed by atoms with Crippen LogP contribution in [0.4, 0.5) is 10.5 Å². The Balaban J connectivity index is 2.09. The number of carbonyl (C=O) groups is 1. The molecule has 1 amide bonds. The van der Waals surface area contributed by atoms with E-state index in [0.29, 0.717) is 11.5 Å². The summed E-state index contributed by atoms with van der Waals surface area (Å²) in [5.74, 6) is 0. The molecule has 1 aromatic heterocycles. The zero-order chi connectivity index (χ0) is 13.8. The molecule has 1 fully saturated rings. The lowest BCUT2D eigenvalue weighted by atomic mass is 10.2. The molecule has 6 nitrogen and oxygen atoms in total. The van der Waals surface area contributed by atoms with E-state index in [0.717, 1.165) is 24.2 Å². The number of carbonyl (C=O) groups excluding carboxylic acids is 1. The fourth-order valence-corrected chi connectivity index (χ4v) is 2.34. The van der Waals surface area contributed by atoms with Crippen LogP contribution in [0.15, 0.2) is 18.5 Å². The number of alkyl carbamates (subject to hydrolysis) is 1. The minimum absolute atomic E-state index is 0.0619. The molecule has 0 radical (unpaired) electrons. The zero-order valence-electron chi connectivity index (χ0n) is 10.6. The standard InChI is InChI=1S/C12H16N4O2S/c1-18-12(17)15-8-3-5-16(7-8)10-6-14-4-2-9(10)11(13)19/h2,4,6,8H,3,5,7H2,1H3,(H2,13,19)(H,15,17). The first-order valence-electron chi connectivity index (χ1n) is 5.95. The molecule has 1 saturated heterocycles. The van der Waals surface area contributed by atoms with Crippen LogP contribution in [-0.2, 0) is 4.74 Å². The fraction of sp³-hybridized carbons (Fsp3) is 0.417. The smallest absolute Gasteiger partial charge is 0.407 e. The SMILES string of the molecule is COC(=O)NC1CCN(c2cnccc2C(N)=S)C1. The number of nitrogens with zero attached hydrogens (tertiary/aromatic N) is 2. The van der Waals surface area contributed by atoms with Gasteiger partial charge < -0.3 is 20.7 Å². The fourth-order valence-electron chi connectivity index (χ4n) is 2.17. The van der Waals surface area contributed by atoms with Crippen molar-refractivity contribution < 1.29 is 9.53 Å². The summed E-state index contributed by atoms with van der Waals surface area (Å²) in [5, 5.41) is 2.79. The van der Waals surface area contributed by atoms with Gasteiger partial charge in [0.2, 0.25) is 0 Å². The van der Waals surface area contributed by atoms with Gasteiger partial charge >= 0.3 is 6.09 Å². The van der Waals surface area contributed by atoms with E-state index in [1.54, 1.807) is 18.5 Å². The lowest BCUT2D eigenvalue weighted by molar-refractivity contribution is 0.167. The average Bonchev–Trinajstić information content (AvgIpc) is 2.86. The minimum atomic E-state index is -0.410. The number of anilines is 1. The highest BCUT2D eigenvalue weighted by molar-refractivity contribution is 7.80. The van der Waals surface area contributed by atoms with Gasteiger partial charge in [0.05, 0.1) is 25.0 Å². The highest BCUT2D eigenvalue weighted by Crippen LogP contribution is 2.23. The van der Waals surface area contributed by atoms with Crippen molar-refractivity contribution in [1.82, 2.24) is 10.3 Å². The van der Waals surface area contributed by atoms with Gasteiger partial charge in [0.1, 0.15) is 4.99 Å².